The predicted molar refractivity (Wildman–Crippen MR) is 124 cm³/mol. The quantitative estimate of drug-likeness (QED) is 0.419. The Balaban J connectivity index is 1.56. The van der Waals surface area contributed by atoms with E-state index in [2.05, 4.69) is 0 Å². The van der Waals surface area contributed by atoms with E-state index in [0.29, 0.717) is 32.7 Å². The summed E-state index contributed by atoms with van der Waals surface area (Å²) >= 11 is 7.10. The molecule has 1 heterocycles. The summed E-state index contributed by atoms with van der Waals surface area (Å²) in [6, 6.07) is 21.6. The number of carbonyl (C=O) groups is 2. The molecule has 5 nitrogen and oxygen atoms in total. The fourth-order valence-corrected chi connectivity index (χ4v) is 4.09. The lowest BCUT2D eigenvalue weighted by atomic mass is 10.1. The Labute approximate surface area is 189 Å². The van der Waals surface area contributed by atoms with Crippen molar-refractivity contribution in [3.8, 4) is 11.5 Å². The first-order chi connectivity index (χ1) is 15.1. The molecule has 1 aliphatic rings. The van der Waals surface area contributed by atoms with Gasteiger partial charge in [0.2, 0.25) is 0 Å². The summed E-state index contributed by atoms with van der Waals surface area (Å²) in [5, 5.41) is 0.275. The summed E-state index contributed by atoms with van der Waals surface area (Å²) < 4.78 is 11.1. The van der Waals surface area contributed by atoms with Gasteiger partial charge < -0.3 is 9.47 Å². The molecule has 3 aromatic rings. The number of rotatable bonds is 6. The number of hydrogen-bond acceptors (Lipinski definition) is 5. The van der Waals surface area contributed by atoms with Gasteiger partial charge in [-0.3, -0.25) is 9.59 Å². The van der Waals surface area contributed by atoms with Gasteiger partial charge in [0.25, 0.3) is 11.1 Å². The monoisotopic (exact) mass is 451 g/mol. The van der Waals surface area contributed by atoms with Crippen LogP contribution in [0.3, 0.4) is 0 Å². The molecule has 0 aliphatic carbocycles. The highest BCUT2D eigenvalue weighted by Crippen LogP contribution is 2.37. The van der Waals surface area contributed by atoms with Crippen LogP contribution in [0.1, 0.15) is 11.1 Å². The van der Waals surface area contributed by atoms with Gasteiger partial charge >= 0.3 is 0 Å². The molecule has 0 radical (unpaired) electrons. The van der Waals surface area contributed by atoms with Gasteiger partial charge in [0.05, 0.1) is 17.7 Å². The second-order valence-corrected chi connectivity index (χ2v) is 8.03. The zero-order valence-electron chi connectivity index (χ0n) is 16.6. The summed E-state index contributed by atoms with van der Waals surface area (Å²) in [7, 11) is 1.56. The minimum Gasteiger partial charge on any atom is -0.497 e. The van der Waals surface area contributed by atoms with Gasteiger partial charge in [0, 0.05) is 16.1 Å². The average molecular weight is 452 g/mol. The first kappa shape index (κ1) is 21.0. The molecule has 4 rings (SSSR count). The molecule has 1 aliphatic heterocycles. The second-order valence-electron chi connectivity index (χ2n) is 6.63. The molecule has 0 unspecified atom stereocenters. The number of thioether (sulfide) groups is 1. The zero-order valence-corrected chi connectivity index (χ0v) is 18.2. The summed E-state index contributed by atoms with van der Waals surface area (Å²) in [6.45, 7) is 0.290. The third kappa shape index (κ3) is 4.60. The zero-order chi connectivity index (χ0) is 21.8. The Hall–Kier alpha value is -3.22. The molecule has 0 saturated carbocycles. The summed E-state index contributed by atoms with van der Waals surface area (Å²) in [6.07, 6.45) is 1.68. The van der Waals surface area contributed by atoms with E-state index in [1.807, 2.05) is 42.5 Å². The van der Waals surface area contributed by atoms with Crippen molar-refractivity contribution in [1.29, 1.82) is 0 Å². The highest BCUT2D eigenvalue weighted by Gasteiger charge is 2.36. The third-order valence-electron chi connectivity index (χ3n) is 4.67. The lowest BCUT2D eigenvalue weighted by Crippen LogP contribution is -2.27. The van der Waals surface area contributed by atoms with Crippen molar-refractivity contribution in [2.75, 3.05) is 12.0 Å². The molecule has 1 saturated heterocycles. The largest absolute Gasteiger partial charge is 0.497 e. The molecule has 0 bridgehead atoms. The van der Waals surface area contributed by atoms with E-state index in [-0.39, 0.29) is 17.8 Å². The van der Waals surface area contributed by atoms with Crippen LogP contribution in [0.2, 0.25) is 5.02 Å². The van der Waals surface area contributed by atoms with Crippen molar-refractivity contribution in [3.63, 3.8) is 0 Å². The van der Waals surface area contributed by atoms with Crippen molar-refractivity contribution in [2.24, 2.45) is 0 Å². The van der Waals surface area contributed by atoms with Crippen LogP contribution in [0, 0.1) is 0 Å². The molecule has 0 aromatic heterocycles. The third-order valence-corrected chi connectivity index (χ3v) is 5.91. The Bertz CT molecular complexity index is 1160. The number of halogens is 1. The molecular formula is C24H18ClNO4S. The van der Waals surface area contributed by atoms with Crippen molar-refractivity contribution in [1.82, 2.24) is 0 Å². The van der Waals surface area contributed by atoms with Gasteiger partial charge in [-0.2, -0.15) is 0 Å². The molecule has 0 atom stereocenters. The number of amides is 2. The Morgan fingerprint density at radius 3 is 2.42 bits per heavy atom. The minimum atomic E-state index is -0.374. The fraction of sp³-hybridized carbons (Fsp3) is 0.0833. The number of anilines is 1. The maximum Gasteiger partial charge on any atom is 0.298 e. The number of benzene rings is 3. The summed E-state index contributed by atoms with van der Waals surface area (Å²) in [4.78, 5) is 26.9. The van der Waals surface area contributed by atoms with E-state index in [0.717, 1.165) is 22.2 Å². The minimum absolute atomic E-state index is 0.290. The van der Waals surface area contributed by atoms with E-state index in [9.17, 15) is 9.59 Å². The number of ether oxygens (including phenoxy) is 2. The molecule has 156 valence electrons. The van der Waals surface area contributed by atoms with Crippen LogP contribution in [0.4, 0.5) is 10.5 Å². The number of hydrogen-bond donors (Lipinski definition) is 0. The first-order valence-electron chi connectivity index (χ1n) is 9.44. The second kappa shape index (κ2) is 9.29. The van der Waals surface area contributed by atoms with Crippen LogP contribution in [-0.2, 0) is 11.4 Å². The van der Waals surface area contributed by atoms with Crippen LogP contribution in [0.5, 0.6) is 11.5 Å². The van der Waals surface area contributed by atoms with Gasteiger partial charge in [-0.15, -0.1) is 0 Å². The van der Waals surface area contributed by atoms with Crippen molar-refractivity contribution in [3.05, 3.63) is 93.9 Å². The van der Waals surface area contributed by atoms with Crippen LogP contribution in [0.15, 0.2) is 77.7 Å². The highest BCUT2D eigenvalue weighted by atomic mass is 35.5. The molecule has 7 heteroatoms. The van der Waals surface area contributed by atoms with Gasteiger partial charge in [-0.25, -0.2) is 4.90 Å². The molecule has 0 spiro atoms. The van der Waals surface area contributed by atoms with Crippen LogP contribution in [-0.4, -0.2) is 18.3 Å². The Kier molecular flexibility index (Phi) is 6.30. The molecule has 31 heavy (non-hydrogen) atoms. The topological polar surface area (TPSA) is 55.8 Å². The normalized spacial score (nSPS) is 14.9. The number of para-hydroxylation sites is 1. The predicted octanol–water partition coefficient (Wildman–Crippen LogP) is 6.17. The number of carbonyl (C=O) groups excluding carboxylic acids is 2. The van der Waals surface area contributed by atoms with Crippen molar-refractivity contribution >= 4 is 46.3 Å². The average Bonchev–Trinajstić information content (AvgIpc) is 3.07. The number of imide groups is 1. The molecule has 1 fully saturated rings. The van der Waals surface area contributed by atoms with Gasteiger partial charge in [0.15, 0.2) is 0 Å². The van der Waals surface area contributed by atoms with E-state index in [4.69, 9.17) is 21.1 Å². The number of methoxy groups -OCH3 is 1. The van der Waals surface area contributed by atoms with Gasteiger partial charge in [-0.1, -0.05) is 48.0 Å². The van der Waals surface area contributed by atoms with E-state index >= 15 is 0 Å². The van der Waals surface area contributed by atoms with Gasteiger partial charge in [0.1, 0.15) is 18.1 Å². The Morgan fingerprint density at radius 2 is 1.68 bits per heavy atom. The maximum atomic E-state index is 12.9. The summed E-state index contributed by atoms with van der Waals surface area (Å²) in [5.74, 6) is 0.871. The molecule has 0 N–H and O–H groups in total. The standard InChI is InChI=1S/C24H18ClNO4S/c1-29-19-12-10-18(11-13-19)26-23(27)22(31-24(26)28)14-16-6-3-5-9-21(16)30-15-17-7-2-4-8-20(17)25/h2-14H,15H2,1H3/b22-14-. The SMILES string of the molecule is COc1ccc(N2C(=O)S/C(=C\c3ccccc3OCc3ccccc3Cl)C2=O)cc1. The van der Waals surface area contributed by atoms with E-state index in [1.54, 1.807) is 43.5 Å². The summed E-state index contributed by atoms with van der Waals surface area (Å²) in [5.41, 5.74) is 2.06. The van der Waals surface area contributed by atoms with E-state index < -0.39 is 0 Å². The first-order valence-corrected chi connectivity index (χ1v) is 10.6. The molecule has 3 aromatic carbocycles. The maximum absolute atomic E-state index is 12.9. The Morgan fingerprint density at radius 1 is 0.968 bits per heavy atom. The number of nitrogens with zero attached hydrogens (tertiary/aromatic N) is 1. The molecule has 2 amide bonds. The van der Waals surface area contributed by atoms with Crippen molar-refractivity contribution < 1.29 is 19.1 Å². The highest BCUT2D eigenvalue weighted by molar-refractivity contribution is 8.19. The van der Waals surface area contributed by atoms with E-state index in [1.165, 1.54) is 0 Å². The molecular weight excluding hydrogens is 434 g/mol. The van der Waals surface area contributed by atoms with Crippen LogP contribution < -0.4 is 14.4 Å². The van der Waals surface area contributed by atoms with Crippen molar-refractivity contribution in [2.45, 2.75) is 6.61 Å². The van der Waals surface area contributed by atoms with Crippen LogP contribution in [0.25, 0.3) is 6.08 Å². The fourth-order valence-electron chi connectivity index (χ4n) is 3.07. The lowest BCUT2D eigenvalue weighted by molar-refractivity contribution is -0.113. The lowest BCUT2D eigenvalue weighted by Gasteiger charge is -2.13. The van der Waals surface area contributed by atoms with Gasteiger partial charge in [-0.05, 0) is 54.2 Å². The van der Waals surface area contributed by atoms with Crippen LogP contribution >= 0.6 is 23.4 Å². The smallest absolute Gasteiger partial charge is 0.298 e.